The average Bonchev–Trinajstić information content (AvgIpc) is 2.14. The van der Waals surface area contributed by atoms with E-state index in [1.807, 2.05) is 6.92 Å². The molecule has 1 heterocycles. The van der Waals surface area contributed by atoms with Crippen LogP contribution in [0.4, 0.5) is 0 Å². The molecule has 1 atom stereocenters. The number of rotatable bonds is 1. The summed E-state index contributed by atoms with van der Waals surface area (Å²) in [6, 6.07) is 0.0764. The number of ether oxygens (including phenoxy) is 1. The van der Waals surface area contributed by atoms with Gasteiger partial charge in [0.15, 0.2) is 0 Å². The van der Waals surface area contributed by atoms with E-state index < -0.39 is 5.91 Å². The van der Waals surface area contributed by atoms with E-state index in [9.17, 15) is 4.79 Å². The zero-order valence-electron chi connectivity index (χ0n) is 5.13. The minimum Gasteiger partial charge on any atom is -0.472 e. The first kappa shape index (κ1) is 6.07. The average molecular weight is 128 g/mol. The molecule has 4 heteroatoms. The molecule has 4 nitrogen and oxygen atoms in total. The lowest BCUT2D eigenvalue weighted by molar-refractivity contribution is -0.113. The fourth-order valence-electron chi connectivity index (χ4n) is 0.609. The van der Waals surface area contributed by atoms with E-state index in [2.05, 4.69) is 4.99 Å². The summed E-state index contributed by atoms with van der Waals surface area (Å²) < 4.78 is 4.80. The van der Waals surface area contributed by atoms with Gasteiger partial charge >= 0.3 is 5.91 Å². The molecule has 0 spiro atoms. The molecule has 50 valence electrons. The van der Waals surface area contributed by atoms with Gasteiger partial charge < -0.3 is 10.5 Å². The van der Waals surface area contributed by atoms with Crippen LogP contribution in [0.25, 0.3) is 0 Å². The lowest BCUT2D eigenvalue weighted by Gasteiger charge is -1.92. The van der Waals surface area contributed by atoms with Gasteiger partial charge in [0.05, 0.1) is 6.04 Å². The summed E-state index contributed by atoms with van der Waals surface area (Å²) in [4.78, 5) is 14.1. The van der Waals surface area contributed by atoms with Gasteiger partial charge in [-0.15, -0.1) is 0 Å². The number of carbonyl (C=O) groups is 1. The third-order valence-electron chi connectivity index (χ3n) is 1.01. The summed E-state index contributed by atoms with van der Waals surface area (Å²) >= 11 is 0. The molecule has 1 unspecified atom stereocenters. The number of amides is 1. The molecule has 0 aromatic rings. The van der Waals surface area contributed by atoms with Crippen molar-refractivity contribution in [1.29, 1.82) is 0 Å². The van der Waals surface area contributed by atoms with Crippen molar-refractivity contribution in [1.82, 2.24) is 0 Å². The number of nitrogens with two attached hydrogens (primary N) is 1. The summed E-state index contributed by atoms with van der Waals surface area (Å²) in [5, 5.41) is 0. The molecule has 2 N–H and O–H groups in total. The molecule has 0 aromatic carbocycles. The fourth-order valence-corrected chi connectivity index (χ4v) is 0.609. The first-order valence-electron chi connectivity index (χ1n) is 2.70. The van der Waals surface area contributed by atoms with E-state index in [-0.39, 0.29) is 11.9 Å². The molecule has 0 aromatic heterocycles. The van der Waals surface area contributed by atoms with E-state index in [0.717, 1.165) is 0 Å². The Morgan fingerprint density at radius 2 is 2.67 bits per heavy atom. The van der Waals surface area contributed by atoms with Crippen LogP contribution in [-0.4, -0.2) is 24.5 Å². The van der Waals surface area contributed by atoms with Crippen molar-refractivity contribution in [3.05, 3.63) is 0 Å². The summed E-state index contributed by atoms with van der Waals surface area (Å²) in [6.45, 7) is 2.33. The minimum atomic E-state index is -0.584. The number of nitrogens with zero attached hydrogens (tertiary/aromatic N) is 1. The van der Waals surface area contributed by atoms with Crippen molar-refractivity contribution in [2.75, 3.05) is 6.61 Å². The topological polar surface area (TPSA) is 64.7 Å². The second-order valence-corrected chi connectivity index (χ2v) is 1.96. The summed E-state index contributed by atoms with van der Waals surface area (Å²) in [7, 11) is 0. The first-order valence-corrected chi connectivity index (χ1v) is 2.70. The molecular formula is C5H8N2O2. The van der Waals surface area contributed by atoms with Gasteiger partial charge in [0, 0.05) is 0 Å². The van der Waals surface area contributed by atoms with Crippen molar-refractivity contribution in [3.63, 3.8) is 0 Å². The van der Waals surface area contributed by atoms with Gasteiger partial charge in [-0.25, -0.2) is 4.99 Å². The zero-order chi connectivity index (χ0) is 6.85. The molecule has 1 amide bonds. The predicted octanol–water partition coefficient (Wildman–Crippen LogP) is -0.711. The fraction of sp³-hybridized carbons (Fsp3) is 0.600. The summed E-state index contributed by atoms with van der Waals surface area (Å²) in [5.74, 6) is -0.526. The largest absolute Gasteiger partial charge is 0.472 e. The molecule has 9 heavy (non-hydrogen) atoms. The SMILES string of the molecule is CC1COC(C(N)=O)=N1. The summed E-state index contributed by atoms with van der Waals surface area (Å²) in [5.41, 5.74) is 4.87. The number of hydrogen-bond donors (Lipinski definition) is 1. The number of hydrogen-bond acceptors (Lipinski definition) is 3. The Morgan fingerprint density at radius 3 is 2.89 bits per heavy atom. The zero-order valence-corrected chi connectivity index (χ0v) is 5.13. The van der Waals surface area contributed by atoms with E-state index in [1.165, 1.54) is 0 Å². The second-order valence-electron chi connectivity index (χ2n) is 1.96. The Kier molecular flexibility index (Phi) is 1.38. The molecule has 0 bridgehead atoms. The molecule has 1 aliphatic heterocycles. The van der Waals surface area contributed by atoms with Crippen LogP contribution >= 0.6 is 0 Å². The first-order chi connectivity index (χ1) is 4.20. The Labute approximate surface area is 52.7 Å². The molecule has 0 saturated heterocycles. The van der Waals surface area contributed by atoms with Crippen LogP contribution in [0.5, 0.6) is 0 Å². The lowest BCUT2D eigenvalue weighted by Crippen LogP contribution is -2.22. The highest BCUT2D eigenvalue weighted by molar-refractivity contribution is 6.34. The second kappa shape index (κ2) is 2.05. The smallest absolute Gasteiger partial charge is 0.303 e. The Bertz CT molecular complexity index is 164. The van der Waals surface area contributed by atoms with Crippen LogP contribution in [0.2, 0.25) is 0 Å². The third-order valence-corrected chi connectivity index (χ3v) is 1.01. The van der Waals surface area contributed by atoms with Crippen molar-refractivity contribution in [2.24, 2.45) is 10.7 Å². The van der Waals surface area contributed by atoms with Gasteiger partial charge in [0.2, 0.25) is 0 Å². The predicted molar refractivity (Wildman–Crippen MR) is 32.0 cm³/mol. The van der Waals surface area contributed by atoms with Crippen molar-refractivity contribution in [3.8, 4) is 0 Å². The van der Waals surface area contributed by atoms with Gasteiger partial charge in [0.25, 0.3) is 5.90 Å². The maximum Gasteiger partial charge on any atom is 0.303 e. The van der Waals surface area contributed by atoms with Crippen LogP contribution in [0.15, 0.2) is 4.99 Å². The quantitative estimate of drug-likeness (QED) is 0.507. The van der Waals surface area contributed by atoms with Crippen LogP contribution in [0.1, 0.15) is 6.92 Å². The Hall–Kier alpha value is -1.06. The Balaban J connectivity index is 2.62. The van der Waals surface area contributed by atoms with E-state index >= 15 is 0 Å². The number of carbonyl (C=O) groups excluding carboxylic acids is 1. The molecule has 1 rings (SSSR count). The summed E-state index contributed by atoms with van der Waals surface area (Å²) in [6.07, 6.45) is 0. The van der Waals surface area contributed by atoms with Gasteiger partial charge in [-0.1, -0.05) is 0 Å². The van der Waals surface area contributed by atoms with Crippen LogP contribution in [-0.2, 0) is 9.53 Å². The van der Waals surface area contributed by atoms with Crippen molar-refractivity contribution >= 4 is 11.8 Å². The third kappa shape index (κ3) is 1.19. The number of primary amides is 1. The van der Waals surface area contributed by atoms with E-state index in [4.69, 9.17) is 10.5 Å². The standard InChI is InChI=1S/C5H8N2O2/c1-3-2-9-5(7-3)4(6)8/h3H,2H2,1H3,(H2,6,8). The van der Waals surface area contributed by atoms with Crippen LogP contribution in [0, 0.1) is 0 Å². The van der Waals surface area contributed by atoms with Gasteiger partial charge in [-0.05, 0) is 6.92 Å². The normalized spacial score (nSPS) is 25.0. The van der Waals surface area contributed by atoms with E-state index in [1.54, 1.807) is 0 Å². The van der Waals surface area contributed by atoms with Crippen LogP contribution < -0.4 is 5.73 Å². The van der Waals surface area contributed by atoms with Gasteiger partial charge in [-0.3, -0.25) is 4.79 Å². The highest BCUT2D eigenvalue weighted by atomic mass is 16.5. The van der Waals surface area contributed by atoms with Crippen molar-refractivity contribution < 1.29 is 9.53 Å². The molecule has 0 fully saturated rings. The molecule has 1 aliphatic rings. The Morgan fingerprint density at radius 1 is 2.00 bits per heavy atom. The lowest BCUT2D eigenvalue weighted by atomic mass is 10.4. The molecule has 0 aliphatic carbocycles. The highest BCUT2D eigenvalue weighted by Crippen LogP contribution is 2.01. The highest BCUT2D eigenvalue weighted by Gasteiger charge is 2.17. The van der Waals surface area contributed by atoms with Gasteiger partial charge in [0.1, 0.15) is 6.61 Å². The van der Waals surface area contributed by atoms with E-state index in [0.29, 0.717) is 6.61 Å². The van der Waals surface area contributed by atoms with Crippen LogP contribution in [0.3, 0.4) is 0 Å². The van der Waals surface area contributed by atoms with Crippen molar-refractivity contribution in [2.45, 2.75) is 13.0 Å². The molecular weight excluding hydrogens is 120 g/mol. The molecule has 0 radical (unpaired) electrons. The number of aliphatic imine (C=N–C) groups is 1. The monoisotopic (exact) mass is 128 g/mol. The maximum absolute atomic E-state index is 10.3. The molecule has 0 saturated carbocycles. The maximum atomic E-state index is 10.3. The minimum absolute atomic E-state index is 0.0579. The van der Waals surface area contributed by atoms with Gasteiger partial charge in [-0.2, -0.15) is 0 Å².